The highest BCUT2D eigenvalue weighted by atomic mass is 127. The fourth-order valence-corrected chi connectivity index (χ4v) is 4.62. The summed E-state index contributed by atoms with van der Waals surface area (Å²) in [7, 11) is -1.17. The lowest BCUT2D eigenvalue weighted by atomic mass is 9.88. The number of hydrogen-bond acceptors (Lipinski definition) is 3. The van der Waals surface area contributed by atoms with Crippen LogP contribution in [0.2, 0.25) is 0 Å². The lowest BCUT2D eigenvalue weighted by Crippen LogP contribution is -2.45. The first-order chi connectivity index (χ1) is 10.9. The van der Waals surface area contributed by atoms with Gasteiger partial charge in [-0.1, -0.05) is 44.2 Å². The number of benzene rings is 1. The molecule has 0 radical (unpaired) electrons. The van der Waals surface area contributed by atoms with Gasteiger partial charge in [-0.3, -0.25) is 4.99 Å². The SMILES string of the molecule is CN=C(NCC(c1ccccc1)C(C)C)NC1CCS(=O)(=O)C1.I. The molecule has 0 bridgehead atoms. The summed E-state index contributed by atoms with van der Waals surface area (Å²) in [6, 6.07) is 10.4. The molecule has 2 atom stereocenters. The zero-order valence-corrected chi connectivity index (χ0v) is 17.7. The Bertz CT molecular complexity index is 632. The van der Waals surface area contributed by atoms with Crippen LogP contribution < -0.4 is 10.6 Å². The molecule has 2 N–H and O–H groups in total. The summed E-state index contributed by atoms with van der Waals surface area (Å²) in [4.78, 5) is 4.22. The minimum absolute atomic E-state index is 0. The van der Waals surface area contributed by atoms with Crippen LogP contribution in [-0.4, -0.2) is 45.5 Å². The number of halogens is 1. The zero-order valence-electron chi connectivity index (χ0n) is 14.5. The molecule has 1 aliphatic heterocycles. The van der Waals surface area contributed by atoms with Gasteiger partial charge in [0.1, 0.15) is 0 Å². The number of hydrogen-bond donors (Lipinski definition) is 2. The largest absolute Gasteiger partial charge is 0.356 e. The van der Waals surface area contributed by atoms with Gasteiger partial charge in [-0.2, -0.15) is 0 Å². The molecule has 0 saturated carbocycles. The summed E-state index contributed by atoms with van der Waals surface area (Å²) in [5.41, 5.74) is 1.30. The van der Waals surface area contributed by atoms with E-state index in [-0.39, 0.29) is 41.5 Å². The number of aliphatic imine (C=N–C) groups is 1. The monoisotopic (exact) mass is 465 g/mol. The molecule has 7 heteroatoms. The van der Waals surface area contributed by atoms with Crippen molar-refractivity contribution in [3.8, 4) is 0 Å². The maximum atomic E-state index is 11.6. The van der Waals surface area contributed by atoms with E-state index in [1.165, 1.54) is 5.56 Å². The first-order valence-electron chi connectivity index (χ1n) is 8.14. The van der Waals surface area contributed by atoms with Gasteiger partial charge in [0, 0.05) is 25.6 Å². The second kappa shape index (κ2) is 9.60. The van der Waals surface area contributed by atoms with Crippen molar-refractivity contribution >= 4 is 39.8 Å². The zero-order chi connectivity index (χ0) is 16.9. The summed E-state index contributed by atoms with van der Waals surface area (Å²) in [5, 5.41) is 6.57. The second-order valence-electron chi connectivity index (χ2n) is 6.46. The Kier molecular flexibility index (Phi) is 8.49. The van der Waals surface area contributed by atoms with E-state index in [4.69, 9.17) is 0 Å². The summed E-state index contributed by atoms with van der Waals surface area (Å²) in [6.45, 7) is 5.18. The highest BCUT2D eigenvalue weighted by Gasteiger charge is 2.28. The average Bonchev–Trinajstić information content (AvgIpc) is 2.86. The number of guanidine groups is 1. The molecular formula is C17H28IN3O2S. The molecule has 0 spiro atoms. The van der Waals surface area contributed by atoms with Gasteiger partial charge < -0.3 is 10.6 Å². The normalized spacial score (nSPS) is 21.2. The Labute approximate surface area is 162 Å². The molecule has 1 heterocycles. The summed E-state index contributed by atoms with van der Waals surface area (Å²) in [5.74, 6) is 2.01. The van der Waals surface area contributed by atoms with Gasteiger partial charge in [0.05, 0.1) is 11.5 Å². The maximum absolute atomic E-state index is 11.6. The number of nitrogens with zero attached hydrogens (tertiary/aromatic N) is 1. The first kappa shape index (κ1) is 21.2. The first-order valence-corrected chi connectivity index (χ1v) is 9.96. The molecule has 24 heavy (non-hydrogen) atoms. The Balaban J connectivity index is 0.00000288. The van der Waals surface area contributed by atoms with E-state index in [2.05, 4.69) is 53.7 Å². The molecular weight excluding hydrogens is 437 g/mol. The smallest absolute Gasteiger partial charge is 0.191 e. The molecule has 1 aliphatic rings. The lowest BCUT2D eigenvalue weighted by Gasteiger charge is -2.24. The standard InChI is InChI=1S/C17H27N3O2S.HI/c1-13(2)16(14-7-5-4-6-8-14)11-19-17(18-3)20-15-9-10-23(21,22)12-15;/h4-8,13,15-16H,9-12H2,1-3H3,(H2,18,19,20);1H. The molecule has 1 saturated heterocycles. The molecule has 1 fully saturated rings. The Hall–Kier alpha value is -0.830. The van der Waals surface area contributed by atoms with Gasteiger partial charge in [-0.25, -0.2) is 8.42 Å². The van der Waals surface area contributed by atoms with Crippen molar-refractivity contribution in [2.24, 2.45) is 10.9 Å². The van der Waals surface area contributed by atoms with Crippen LogP contribution in [-0.2, 0) is 9.84 Å². The molecule has 5 nitrogen and oxygen atoms in total. The molecule has 136 valence electrons. The highest BCUT2D eigenvalue weighted by molar-refractivity contribution is 14.0. The molecule has 0 aromatic heterocycles. The quantitative estimate of drug-likeness (QED) is 0.398. The summed E-state index contributed by atoms with van der Waals surface area (Å²) >= 11 is 0. The lowest BCUT2D eigenvalue weighted by molar-refractivity contribution is 0.486. The van der Waals surface area contributed by atoms with Crippen molar-refractivity contribution < 1.29 is 8.42 Å². The van der Waals surface area contributed by atoms with Crippen LogP contribution in [0.5, 0.6) is 0 Å². The minimum Gasteiger partial charge on any atom is -0.356 e. The van der Waals surface area contributed by atoms with Gasteiger partial charge in [0.25, 0.3) is 0 Å². The van der Waals surface area contributed by atoms with Crippen LogP contribution in [0.15, 0.2) is 35.3 Å². The molecule has 2 unspecified atom stereocenters. The van der Waals surface area contributed by atoms with Crippen molar-refractivity contribution in [1.29, 1.82) is 0 Å². The fourth-order valence-electron chi connectivity index (χ4n) is 2.94. The molecule has 1 aromatic rings. The van der Waals surface area contributed by atoms with Crippen LogP contribution in [0, 0.1) is 5.92 Å². The fraction of sp³-hybridized carbons (Fsp3) is 0.588. The second-order valence-corrected chi connectivity index (χ2v) is 8.69. The predicted octanol–water partition coefficient (Wildman–Crippen LogP) is 2.40. The van der Waals surface area contributed by atoms with Crippen LogP contribution >= 0.6 is 24.0 Å². The third-order valence-electron chi connectivity index (χ3n) is 4.32. The molecule has 0 amide bonds. The van der Waals surface area contributed by atoms with E-state index in [0.717, 1.165) is 6.54 Å². The van der Waals surface area contributed by atoms with E-state index >= 15 is 0 Å². The van der Waals surface area contributed by atoms with E-state index < -0.39 is 9.84 Å². The van der Waals surface area contributed by atoms with Crippen molar-refractivity contribution in [2.45, 2.75) is 32.2 Å². The van der Waals surface area contributed by atoms with E-state index in [9.17, 15) is 8.42 Å². The minimum atomic E-state index is -2.88. The average molecular weight is 465 g/mol. The van der Waals surface area contributed by atoms with Gasteiger partial charge in [-0.05, 0) is 17.9 Å². The van der Waals surface area contributed by atoms with Crippen molar-refractivity contribution in [2.75, 3.05) is 25.1 Å². The Morgan fingerprint density at radius 1 is 1.29 bits per heavy atom. The highest BCUT2D eigenvalue weighted by Crippen LogP contribution is 2.23. The van der Waals surface area contributed by atoms with E-state index in [1.807, 2.05) is 6.07 Å². The van der Waals surface area contributed by atoms with Crippen molar-refractivity contribution in [3.63, 3.8) is 0 Å². The van der Waals surface area contributed by atoms with Crippen LogP contribution in [0.25, 0.3) is 0 Å². The summed E-state index contributed by atoms with van der Waals surface area (Å²) in [6.07, 6.45) is 0.648. The van der Waals surface area contributed by atoms with Crippen LogP contribution in [0.1, 0.15) is 31.7 Å². The molecule has 0 aliphatic carbocycles. The third kappa shape index (κ3) is 6.23. The third-order valence-corrected chi connectivity index (χ3v) is 6.09. The van der Waals surface area contributed by atoms with Gasteiger partial charge in [-0.15, -0.1) is 24.0 Å². The van der Waals surface area contributed by atoms with Crippen molar-refractivity contribution in [3.05, 3.63) is 35.9 Å². The number of rotatable bonds is 5. The number of sulfone groups is 1. The van der Waals surface area contributed by atoms with Crippen molar-refractivity contribution in [1.82, 2.24) is 10.6 Å². The topological polar surface area (TPSA) is 70.6 Å². The van der Waals surface area contributed by atoms with E-state index in [0.29, 0.717) is 24.2 Å². The Morgan fingerprint density at radius 2 is 1.96 bits per heavy atom. The summed E-state index contributed by atoms with van der Waals surface area (Å²) < 4.78 is 23.1. The maximum Gasteiger partial charge on any atom is 0.191 e. The van der Waals surface area contributed by atoms with Gasteiger partial charge >= 0.3 is 0 Å². The predicted molar refractivity (Wildman–Crippen MR) is 111 cm³/mol. The van der Waals surface area contributed by atoms with Crippen LogP contribution in [0.3, 0.4) is 0 Å². The van der Waals surface area contributed by atoms with Gasteiger partial charge in [0.2, 0.25) is 0 Å². The van der Waals surface area contributed by atoms with Crippen LogP contribution in [0.4, 0.5) is 0 Å². The van der Waals surface area contributed by atoms with E-state index in [1.54, 1.807) is 7.05 Å². The Morgan fingerprint density at radius 3 is 2.46 bits per heavy atom. The molecule has 1 aromatic carbocycles. The number of nitrogens with one attached hydrogen (secondary N) is 2. The molecule has 2 rings (SSSR count). The van der Waals surface area contributed by atoms with Gasteiger partial charge in [0.15, 0.2) is 15.8 Å².